The quantitative estimate of drug-likeness (QED) is 0.666. The third-order valence-corrected chi connectivity index (χ3v) is 4.38. The molecule has 130 valence electrons. The Morgan fingerprint density at radius 3 is 2.48 bits per heavy atom. The van der Waals surface area contributed by atoms with Crippen LogP contribution in [0.25, 0.3) is 22.2 Å². The van der Waals surface area contributed by atoms with E-state index in [4.69, 9.17) is 4.74 Å². The first-order valence-corrected chi connectivity index (χ1v) is 8.59. The number of rotatable bonds is 6. The molecule has 1 aromatic heterocycles. The van der Waals surface area contributed by atoms with E-state index in [0.717, 1.165) is 33.5 Å². The Bertz CT molecular complexity index is 891. The van der Waals surface area contributed by atoms with Gasteiger partial charge >= 0.3 is 5.97 Å². The summed E-state index contributed by atoms with van der Waals surface area (Å²) in [5.41, 5.74) is 4.88. The van der Waals surface area contributed by atoms with Crippen molar-refractivity contribution in [3.63, 3.8) is 0 Å². The van der Waals surface area contributed by atoms with Crippen molar-refractivity contribution in [2.24, 2.45) is 0 Å². The number of benzene rings is 2. The van der Waals surface area contributed by atoms with E-state index in [1.54, 1.807) is 0 Å². The van der Waals surface area contributed by atoms with Crippen LogP contribution < -0.4 is 4.74 Å². The van der Waals surface area contributed by atoms with Crippen LogP contribution in [0.2, 0.25) is 0 Å². The van der Waals surface area contributed by atoms with Crippen LogP contribution in [0.15, 0.2) is 42.5 Å². The number of carboxylic acids is 1. The van der Waals surface area contributed by atoms with Crippen molar-refractivity contribution in [2.45, 2.75) is 33.1 Å². The van der Waals surface area contributed by atoms with Gasteiger partial charge in [-0.05, 0) is 53.8 Å². The molecule has 0 radical (unpaired) electrons. The SMILES string of the molecule is CCOc1ccc(-c2[nH]c3c(C(C)C)cccc3c2CC(=O)O)cc1. The summed E-state index contributed by atoms with van der Waals surface area (Å²) in [5.74, 6) is 0.334. The smallest absolute Gasteiger partial charge is 0.307 e. The topological polar surface area (TPSA) is 62.3 Å². The maximum atomic E-state index is 11.4. The maximum Gasteiger partial charge on any atom is 0.307 e. The highest BCUT2D eigenvalue weighted by molar-refractivity contribution is 5.95. The molecule has 1 heterocycles. The first kappa shape index (κ1) is 17.1. The van der Waals surface area contributed by atoms with Crippen molar-refractivity contribution < 1.29 is 14.6 Å². The number of ether oxygens (including phenoxy) is 1. The van der Waals surface area contributed by atoms with Crippen LogP contribution in [0, 0.1) is 0 Å². The standard InChI is InChI=1S/C21H23NO3/c1-4-25-15-10-8-14(9-11-15)20-18(12-19(23)24)17-7-5-6-16(13(2)3)21(17)22-20/h5-11,13,22H,4,12H2,1-3H3,(H,23,24). The molecule has 0 fully saturated rings. The third kappa shape index (κ3) is 3.38. The van der Waals surface area contributed by atoms with Gasteiger partial charge in [0.2, 0.25) is 0 Å². The Labute approximate surface area is 147 Å². The van der Waals surface area contributed by atoms with Crippen molar-refractivity contribution >= 4 is 16.9 Å². The predicted octanol–water partition coefficient (Wildman–Crippen LogP) is 4.98. The van der Waals surface area contributed by atoms with Gasteiger partial charge in [0.05, 0.1) is 18.7 Å². The summed E-state index contributed by atoms with van der Waals surface area (Å²) >= 11 is 0. The van der Waals surface area contributed by atoms with Gasteiger partial charge in [0.1, 0.15) is 5.75 Å². The van der Waals surface area contributed by atoms with Gasteiger partial charge in [-0.1, -0.05) is 32.0 Å². The lowest BCUT2D eigenvalue weighted by atomic mass is 9.98. The summed E-state index contributed by atoms with van der Waals surface area (Å²) in [6, 6.07) is 13.9. The maximum absolute atomic E-state index is 11.4. The number of para-hydroxylation sites is 1. The molecule has 4 nitrogen and oxygen atoms in total. The van der Waals surface area contributed by atoms with Gasteiger partial charge in [-0.2, -0.15) is 0 Å². The molecule has 0 atom stereocenters. The average Bonchev–Trinajstić information content (AvgIpc) is 2.94. The number of carboxylic acid groups (broad SMARTS) is 1. The van der Waals surface area contributed by atoms with Crippen molar-refractivity contribution in [2.75, 3.05) is 6.61 Å². The zero-order chi connectivity index (χ0) is 18.0. The average molecular weight is 337 g/mol. The van der Waals surface area contributed by atoms with Gasteiger partial charge in [0, 0.05) is 10.9 Å². The molecule has 0 spiro atoms. The predicted molar refractivity (Wildman–Crippen MR) is 100 cm³/mol. The minimum atomic E-state index is -0.831. The molecule has 0 aliphatic carbocycles. The highest BCUT2D eigenvalue weighted by Gasteiger charge is 2.18. The van der Waals surface area contributed by atoms with Crippen molar-refractivity contribution in [1.29, 1.82) is 0 Å². The number of hydrogen-bond donors (Lipinski definition) is 2. The van der Waals surface area contributed by atoms with E-state index in [1.165, 1.54) is 5.56 Å². The van der Waals surface area contributed by atoms with Crippen molar-refractivity contribution in [1.82, 2.24) is 4.98 Å². The fraction of sp³-hybridized carbons (Fsp3) is 0.286. The Balaban J connectivity index is 2.18. The van der Waals surface area contributed by atoms with E-state index >= 15 is 0 Å². The number of fused-ring (bicyclic) bond motifs is 1. The summed E-state index contributed by atoms with van der Waals surface area (Å²) in [6.45, 7) is 6.85. The first-order valence-electron chi connectivity index (χ1n) is 8.59. The Kier molecular flexibility index (Phi) is 4.79. The summed E-state index contributed by atoms with van der Waals surface area (Å²) in [6.07, 6.45) is -0.00983. The number of aromatic nitrogens is 1. The number of aliphatic carboxylic acids is 1. The Hall–Kier alpha value is -2.75. The molecule has 0 aliphatic rings. The minimum Gasteiger partial charge on any atom is -0.494 e. The first-order chi connectivity index (χ1) is 12.0. The molecule has 2 N–H and O–H groups in total. The molecule has 0 aliphatic heterocycles. The number of hydrogen-bond acceptors (Lipinski definition) is 2. The zero-order valence-electron chi connectivity index (χ0n) is 14.8. The van der Waals surface area contributed by atoms with Crippen molar-refractivity contribution in [3.05, 3.63) is 53.6 Å². The molecular formula is C21H23NO3. The lowest BCUT2D eigenvalue weighted by Gasteiger charge is -2.06. The zero-order valence-corrected chi connectivity index (χ0v) is 14.8. The van der Waals surface area contributed by atoms with Crippen LogP contribution in [0.1, 0.15) is 37.8 Å². The van der Waals surface area contributed by atoms with Gasteiger partial charge in [-0.25, -0.2) is 0 Å². The van der Waals surface area contributed by atoms with E-state index in [2.05, 4.69) is 24.9 Å². The second kappa shape index (κ2) is 7.01. The van der Waals surface area contributed by atoms with E-state index in [1.807, 2.05) is 43.3 Å². The van der Waals surface area contributed by atoms with Gasteiger partial charge in [0.25, 0.3) is 0 Å². The van der Waals surface area contributed by atoms with E-state index < -0.39 is 5.97 Å². The lowest BCUT2D eigenvalue weighted by Crippen LogP contribution is -2.01. The van der Waals surface area contributed by atoms with Crippen LogP contribution in [0.3, 0.4) is 0 Å². The molecule has 0 unspecified atom stereocenters. The lowest BCUT2D eigenvalue weighted by molar-refractivity contribution is -0.136. The van der Waals surface area contributed by atoms with Crippen LogP contribution in [0.5, 0.6) is 5.75 Å². The Morgan fingerprint density at radius 2 is 1.88 bits per heavy atom. The monoisotopic (exact) mass is 337 g/mol. The molecule has 0 saturated carbocycles. The van der Waals surface area contributed by atoms with E-state index in [9.17, 15) is 9.90 Å². The Morgan fingerprint density at radius 1 is 1.16 bits per heavy atom. The molecule has 0 saturated heterocycles. The number of H-pyrrole nitrogens is 1. The molecular weight excluding hydrogens is 314 g/mol. The fourth-order valence-corrected chi connectivity index (χ4v) is 3.24. The highest BCUT2D eigenvalue weighted by atomic mass is 16.5. The van der Waals surface area contributed by atoms with Crippen LogP contribution in [0.4, 0.5) is 0 Å². The number of carbonyl (C=O) groups is 1. The molecule has 0 bridgehead atoms. The third-order valence-electron chi connectivity index (χ3n) is 4.38. The summed E-state index contributed by atoms with van der Waals surface area (Å²) < 4.78 is 5.50. The van der Waals surface area contributed by atoms with Gasteiger partial charge < -0.3 is 14.8 Å². The minimum absolute atomic E-state index is 0.00983. The highest BCUT2D eigenvalue weighted by Crippen LogP contribution is 2.35. The fourth-order valence-electron chi connectivity index (χ4n) is 3.24. The molecule has 4 heteroatoms. The molecule has 3 aromatic rings. The van der Waals surface area contributed by atoms with Gasteiger partial charge in [-0.3, -0.25) is 4.79 Å². The summed E-state index contributed by atoms with van der Waals surface area (Å²) in [4.78, 5) is 14.9. The second-order valence-electron chi connectivity index (χ2n) is 6.43. The van der Waals surface area contributed by atoms with Crippen LogP contribution in [-0.4, -0.2) is 22.7 Å². The number of nitrogens with one attached hydrogen (secondary N) is 1. The molecule has 25 heavy (non-hydrogen) atoms. The van der Waals surface area contributed by atoms with Crippen molar-refractivity contribution in [3.8, 4) is 17.0 Å². The summed E-state index contributed by atoms with van der Waals surface area (Å²) in [5, 5.41) is 10.4. The van der Waals surface area contributed by atoms with Gasteiger partial charge in [0.15, 0.2) is 0 Å². The van der Waals surface area contributed by atoms with Crippen LogP contribution >= 0.6 is 0 Å². The largest absolute Gasteiger partial charge is 0.494 e. The molecule has 3 rings (SSSR count). The molecule has 2 aromatic carbocycles. The molecule has 0 amide bonds. The van der Waals surface area contributed by atoms with Gasteiger partial charge in [-0.15, -0.1) is 0 Å². The van der Waals surface area contributed by atoms with Crippen LogP contribution in [-0.2, 0) is 11.2 Å². The normalized spacial score (nSPS) is 11.2. The second-order valence-corrected chi connectivity index (χ2v) is 6.43. The van der Waals surface area contributed by atoms with E-state index in [-0.39, 0.29) is 6.42 Å². The summed E-state index contributed by atoms with van der Waals surface area (Å²) in [7, 11) is 0. The van der Waals surface area contributed by atoms with E-state index in [0.29, 0.717) is 12.5 Å². The number of aromatic amines is 1.